The zero-order valence-electron chi connectivity index (χ0n) is 17.2. The van der Waals surface area contributed by atoms with Crippen molar-refractivity contribution in [2.45, 2.75) is 6.18 Å². The molecule has 6 nitrogen and oxygen atoms in total. The highest BCUT2D eigenvalue weighted by atomic mass is 35.5. The van der Waals surface area contributed by atoms with Crippen molar-refractivity contribution < 1.29 is 31.5 Å². The van der Waals surface area contributed by atoms with Gasteiger partial charge in [-0.1, -0.05) is 11.6 Å². The number of halogens is 6. The van der Waals surface area contributed by atoms with Crippen molar-refractivity contribution in [1.82, 2.24) is 9.80 Å². The molecule has 3 rings (SSSR count). The van der Waals surface area contributed by atoms with E-state index in [2.05, 4.69) is 10.6 Å². The van der Waals surface area contributed by atoms with Crippen molar-refractivity contribution >= 4 is 34.8 Å². The molecule has 0 atom stereocenters. The number of piperazine rings is 1. The van der Waals surface area contributed by atoms with Crippen molar-refractivity contribution in [3.05, 3.63) is 58.6 Å². The zero-order chi connectivity index (χ0) is 24.2. The van der Waals surface area contributed by atoms with Crippen molar-refractivity contribution in [2.24, 2.45) is 0 Å². The number of hydrogen-bond acceptors (Lipinski definition) is 4. The summed E-state index contributed by atoms with van der Waals surface area (Å²) in [7, 11) is 0. The van der Waals surface area contributed by atoms with Gasteiger partial charge in [0.25, 0.3) is 0 Å². The van der Waals surface area contributed by atoms with Gasteiger partial charge in [0.2, 0.25) is 11.8 Å². The average Bonchev–Trinajstić information content (AvgIpc) is 2.72. The molecule has 0 aromatic heterocycles. The van der Waals surface area contributed by atoms with Gasteiger partial charge in [-0.25, -0.2) is 8.78 Å². The molecule has 0 saturated carbocycles. The molecule has 12 heteroatoms. The molecule has 1 aliphatic rings. The van der Waals surface area contributed by atoms with Gasteiger partial charge < -0.3 is 10.6 Å². The molecule has 0 bridgehead atoms. The van der Waals surface area contributed by atoms with E-state index in [9.17, 15) is 31.5 Å². The number of rotatable bonds is 6. The molecule has 1 aliphatic heterocycles. The van der Waals surface area contributed by atoms with Gasteiger partial charge in [-0.15, -0.1) is 0 Å². The fourth-order valence-electron chi connectivity index (χ4n) is 3.32. The Bertz CT molecular complexity index is 1030. The number of alkyl halides is 3. The predicted octanol–water partition coefficient (Wildman–Crippen LogP) is 3.83. The van der Waals surface area contributed by atoms with Crippen LogP contribution in [0.4, 0.5) is 33.3 Å². The first-order valence-corrected chi connectivity index (χ1v) is 10.3. The second-order valence-electron chi connectivity index (χ2n) is 7.47. The quantitative estimate of drug-likeness (QED) is 0.604. The van der Waals surface area contributed by atoms with Crippen LogP contribution in [0.1, 0.15) is 5.56 Å². The second kappa shape index (κ2) is 10.4. The maximum atomic E-state index is 13.6. The molecule has 1 heterocycles. The lowest BCUT2D eigenvalue weighted by Crippen LogP contribution is -2.50. The predicted molar refractivity (Wildman–Crippen MR) is 113 cm³/mol. The molecular weight excluding hydrogens is 471 g/mol. The minimum Gasteiger partial charge on any atom is -0.325 e. The molecular formula is C21H20ClF5N4O2. The van der Waals surface area contributed by atoms with Crippen LogP contribution >= 0.6 is 11.6 Å². The van der Waals surface area contributed by atoms with Gasteiger partial charge in [-0.2, -0.15) is 13.2 Å². The van der Waals surface area contributed by atoms with Crippen molar-refractivity contribution in [3.8, 4) is 0 Å². The topological polar surface area (TPSA) is 64.7 Å². The third-order valence-corrected chi connectivity index (χ3v) is 5.29. The van der Waals surface area contributed by atoms with E-state index >= 15 is 0 Å². The Kier molecular flexibility index (Phi) is 7.88. The highest BCUT2D eigenvalue weighted by molar-refractivity contribution is 6.31. The highest BCUT2D eigenvalue weighted by Gasteiger charge is 2.33. The van der Waals surface area contributed by atoms with Crippen LogP contribution in [0.2, 0.25) is 5.02 Å². The standard InChI is InChI=1S/C21H20ClF5N4O2/c22-16-3-2-14(10-15(16)21(25,26)27)28-19(32)11-30-5-7-31(8-6-30)12-20(33)29-18-9-13(23)1-4-17(18)24/h1-4,9-10H,5-8,11-12H2,(H,28,32)(H,29,33). The van der Waals surface area contributed by atoms with Gasteiger partial charge in [0.15, 0.2) is 0 Å². The van der Waals surface area contributed by atoms with Crippen LogP contribution in [-0.4, -0.2) is 60.9 Å². The maximum absolute atomic E-state index is 13.6. The summed E-state index contributed by atoms with van der Waals surface area (Å²) in [6.07, 6.45) is -4.64. The van der Waals surface area contributed by atoms with Gasteiger partial charge in [0.1, 0.15) is 11.6 Å². The SMILES string of the molecule is O=C(CN1CCN(CC(=O)Nc2cc(F)ccc2F)CC1)Nc1ccc(Cl)c(C(F)(F)F)c1. The van der Waals surface area contributed by atoms with Crippen LogP contribution in [0.3, 0.4) is 0 Å². The van der Waals surface area contributed by atoms with Crippen LogP contribution in [0, 0.1) is 11.6 Å². The molecule has 2 N–H and O–H groups in total. The number of nitrogens with zero attached hydrogens (tertiary/aromatic N) is 2. The summed E-state index contributed by atoms with van der Waals surface area (Å²) in [5.74, 6) is -2.41. The molecule has 1 fully saturated rings. The van der Waals surface area contributed by atoms with Crippen molar-refractivity contribution in [1.29, 1.82) is 0 Å². The summed E-state index contributed by atoms with van der Waals surface area (Å²) in [6, 6.07) is 5.89. The average molecular weight is 491 g/mol. The first kappa shape index (κ1) is 24.9. The molecule has 0 spiro atoms. The number of nitrogens with one attached hydrogen (secondary N) is 2. The van der Waals surface area contributed by atoms with E-state index in [1.165, 1.54) is 6.07 Å². The van der Waals surface area contributed by atoms with E-state index in [0.29, 0.717) is 26.2 Å². The maximum Gasteiger partial charge on any atom is 0.417 e. The first-order chi connectivity index (χ1) is 15.5. The number of benzene rings is 2. The lowest BCUT2D eigenvalue weighted by Gasteiger charge is -2.33. The van der Waals surface area contributed by atoms with Gasteiger partial charge >= 0.3 is 6.18 Å². The Labute approximate surface area is 191 Å². The van der Waals surface area contributed by atoms with Crippen LogP contribution in [-0.2, 0) is 15.8 Å². The van der Waals surface area contributed by atoms with E-state index < -0.39 is 40.2 Å². The number of amides is 2. The number of anilines is 2. The van der Waals surface area contributed by atoms with E-state index in [-0.39, 0.29) is 24.5 Å². The molecule has 0 aliphatic carbocycles. The van der Waals surface area contributed by atoms with Gasteiger partial charge in [0.05, 0.1) is 29.4 Å². The molecule has 2 amide bonds. The van der Waals surface area contributed by atoms with E-state index in [4.69, 9.17) is 11.6 Å². The lowest BCUT2D eigenvalue weighted by molar-refractivity contribution is -0.137. The largest absolute Gasteiger partial charge is 0.417 e. The Morgan fingerprint density at radius 2 is 1.45 bits per heavy atom. The molecule has 2 aromatic carbocycles. The van der Waals surface area contributed by atoms with Crippen molar-refractivity contribution in [3.63, 3.8) is 0 Å². The minimum atomic E-state index is -4.64. The molecule has 1 saturated heterocycles. The third kappa shape index (κ3) is 7.11. The van der Waals surface area contributed by atoms with Gasteiger partial charge in [0, 0.05) is 37.9 Å². The number of hydrogen-bond donors (Lipinski definition) is 2. The first-order valence-electron chi connectivity index (χ1n) is 9.87. The van der Waals surface area contributed by atoms with Gasteiger partial charge in [-0.3, -0.25) is 19.4 Å². The Balaban J connectivity index is 1.45. The van der Waals surface area contributed by atoms with Crippen LogP contribution < -0.4 is 10.6 Å². The van der Waals surface area contributed by atoms with E-state index in [1.54, 1.807) is 9.80 Å². The molecule has 2 aromatic rings. The van der Waals surface area contributed by atoms with Crippen LogP contribution in [0.5, 0.6) is 0 Å². The smallest absolute Gasteiger partial charge is 0.325 e. The number of carbonyl (C=O) groups is 2. The highest BCUT2D eigenvalue weighted by Crippen LogP contribution is 2.36. The third-order valence-electron chi connectivity index (χ3n) is 4.96. The van der Waals surface area contributed by atoms with Crippen LogP contribution in [0.25, 0.3) is 0 Å². The number of carbonyl (C=O) groups excluding carboxylic acids is 2. The summed E-state index contributed by atoms with van der Waals surface area (Å²) in [6.45, 7) is 1.66. The Hall–Kier alpha value is -2.76. The lowest BCUT2D eigenvalue weighted by atomic mass is 10.2. The summed E-state index contributed by atoms with van der Waals surface area (Å²) in [4.78, 5) is 27.9. The monoisotopic (exact) mass is 490 g/mol. The summed E-state index contributed by atoms with van der Waals surface area (Å²) >= 11 is 5.57. The normalized spacial score (nSPS) is 15.3. The summed E-state index contributed by atoms with van der Waals surface area (Å²) in [5.41, 5.74) is -1.30. The fraction of sp³-hybridized carbons (Fsp3) is 0.333. The van der Waals surface area contributed by atoms with Crippen LogP contribution in [0.15, 0.2) is 36.4 Å². The van der Waals surface area contributed by atoms with E-state index in [0.717, 1.165) is 30.3 Å². The zero-order valence-corrected chi connectivity index (χ0v) is 17.9. The van der Waals surface area contributed by atoms with E-state index in [1.807, 2.05) is 0 Å². The van der Waals surface area contributed by atoms with Gasteiger partial charge in [-0.05, 0) is 30.3 Å². The fourth-order valence-corrected chi connectivity index (χ4v) is 3.54. The molecule has 0 unspecified atom stereocenters. The van der Waals surface area contributed by atoms with Crippen molar-refractivity contribution in [2.75, 3.05) is 49.9 Å². The second-order valence-corrected chi connectivity index (χ2v) is 7.87. The summed E-state index contributed by atoms with van der Waals surface area (Å²) < 4.78 is 65.7. The molecule has 0 radical (unpaired) electrons. The Morgan fingerprint density at radius 3 is 2.03 bits per heavy atom. The Morgan fingerprint density at radius 1 is 0.879 bits per heavy atom. The molecule has 178 valence electrons. The molecule has 33 heavy (non-hydrogen) atoms. The minimum absolute atomic E-state index is 0.0170. The summed E-state index contributed by atoms with van der Waals surface area (Å²) in [5, 5.41) is 4.29.